The average molecular weight is 756 g/mol. The Morgan fingerprint density at radius 3 is 1.58 bits per heavy atom. The second-order valence-electron chi connectivity index (χ2n) is 16.1. The monoisotopic (exact) mass is 755 g/mol. The minimum absolute atomic E-state index is 0.111. The fourth-order valence-electron chi connectivity index (χ4n) is 9.25. The quantitative estimate of drug-likeness (QED) is 0.168. The molecule has 0 saturated heterocycles. The van der Waals surface area contributed by atoms with Crippen LogP contribution in [-0.4, -0.2) is 0 Å². The van der Waals surface area contributed by atoms with Gasteiger partial charge in [0.2, 0.25) is 0 Å². The Kier molecular flexibility index (Phi) is 8.20. The van der Waals surface area contributed by atoms with Crippen molar-refractivity contribution in [1.82, 2.24) is 0 Å². The lowest BCUT2D eigenvalue weighted by Crippen LogP contribution is -2.16. The molecule has 0 spiro atoms. The van der Waals surface area contributed by atoms with Gasteiger partial charge >= 0.3 is 0 Å². The highest BCUT2D eigenvalue weighted by Gasteiger charge is 2.35. The topological polar surface area (TPSA) is 12.5 Å². The molecule has 0 bridgehead atoms. The molecule has 280 valence electrons. The summed E-state index contributed by atoms with van der Waals surface area (Å²) in [5.74, 6) is 1.72. The van der Waals surface area contributed by atoms with E-state index in [0.29, 0.717) is 0 Å². The second kappa shape index (κ2) is 13.9. The number of nitrogens with zero attached hydrogens (tertiary/aromatic N) is 1. The van der Waals surface area contributed by atoms with Crippen molar-refractivity contribution >= 4 is 17.1 Å². The summed E-state index contributed by atoms with van der Waals surface area (Å²) in [7, 11) is 0. The highest BCUT2D eigenvalue weighted by Crippen LogP contribution is 2.52. The predicted molar refractivity (Wildman–Crippen MR) is 246 cm³/mol. The maximum atomic E-state index is 6.67. The van der Waals surface area contributed by atoms with Gasteiger partial charge in [-0.15, -0.1) is 0 Å². The SMILES string of the molecule is CC1(C)c2ccccc2-c2ccc(N(c3ccc(-c4ccc5c(c4)-c4cc(-c6ccccc6)ccc4-c4ccccc4O5)cc3)c3cccc(-c4ccccc4)c3)cc21. The van der Waals surface area contributed by atoms with Gasteiger partial charge in [-0.25, -0.2) is 0 Å². The summed E-state index contributed by atoms with van der Waals surface area (Å²) in [4.78, 5) is 2.40. The number of anilines is 3. The van der Waals surface area contributed by atoms with Crippen molar-refractivity contribution < 1.29 is 4.74 Å². The number of fused-ring (bicyclic) bond motifs is 8. The summed E-state index contributed by atoms with van der Waals surface area (Å²) in [5, 5.41) is 0. The fraction of sp³-hybridized carbons (Fsp3) is 0.0526. The first-order valence-electron chi connectivity index (χ1n) is 20.4. The summed E-state index contributed by atoms with van der Waals surface area (Å²) < 4.78 is 6.67. The number of hydrogen-bond acceptors (Lipinski definition) is 2. The Hall–Kier alpha value is -7.42. The molecule has 0 N–H and O–H groups in total. The zero-order valence-corrected chi connectivity index (χ0v) is 33.1. The molecule has 1 aliphatic carbocycles. The van der Waals surface area contributed by atoms with E-state index in [0.717, 1.165) is 56.4 Å². The van der Waals surface area contributed by atoms with Crippen molar-refractivity contribution in [2.24, 2.45) is 0 Å². The molecule has 0 unspecified atom stereocenters. The van der Waals surface area contributed by atoms with E-state index in [1.807, 2.05) is 6.07 Å². The second-order valence-corrected chi connectivity index (χ2v) is 16.1. The maximum Gasteiger partial charge on any atom is 0.135 e. The summed E-state index contributed by atoms with van der Waals surface area (Å²) in [6.07, 6.45) is 0. The average Bonchev–Trinajstić information content (AvgIpc) is 3.43. The molecule has 59 heavy (non-hydrogen) atoms. The molecule has 0 saturated carbocycles. The number of hydrogen-bond donors (Lipinski definition) is 0. The Balaban J connectivity index is 1.02. The lowest BCUT2D eigenvalue weighted by atomic mass is 9.82. The Morgan fingerprint density at radius 2 is 0.814 bits per heavy atom. The minimum Gasteiger partial charge on any atom is -0.456 e. The van der Waals surface area contributed by atoms with E-state index in [-0.39, 0.29) is 5.41 Å². The van der Waals surface area contributed by atoms with Crippen molar-refractivity contribution in [3.8, 4) is 78.3 Å². The largest absolute Gasteiger partial charge is 0.456 e. The van der Waals surface area contributed by atoms with Gasteiger partial charge in [0, 0.05) is 33.6 Å². The molecule has 9 aromatic rings. The van der Waals surface area contributed by atoms with E-state index < -0.39 is 0 Å². The van der Waals surface area contributed by atoms with Crippen LogP contribution in [0.4, 0.5) is 17.1 Å². The van der Waals surface area contributed by atoms with Crippen LogP contribution < -0.4 is 9.64 Å². The molecule has 0 atom stereocenters. The predicted octanol–water partition coefficient (Wildman–Crippen LogP) is 15.9. The van der Waals surface area contributed by atoms with E-state index >= 15 is 0 Å². The van der Waals surface area contributed by atoms with Crippen LogP contribution in [0.25, 0.3) is 66.8 Å². The van der Waals surface area contributed by atoms with Crippen molar-refractivity contribution in [2.75, 3.05) is 4.90 Å². The molecule has 0 aromatic heterocycles. The number of benzene rings is 9. The van der Waals surface area contributed by atoms with Crippen LogP contribution in [0.3, 0.4) is 0 Å². The minimum atomic E-state index is -0.111. The molecule has 2 heteroatoms. The first kappa shape index (κ1) is 34.8. The summed E-state index contributed by atoms with van der Waals surface area (Å²) in [6.45, 7) is 4.70. The van der Waals surface area contributed by atoms with Gasteiger partial charge in [-0.1, -0.05) is 166 Å². The van der Waals surface area contributed by atoms with Crippen molar-refractivity contribution in [3.63, 3.8) is 0 Å². The molecular weight excluding hydrogens is 715 g/mol. The summed E-state index contributed by atoms with van der Waals surface area (Å²) in [5.41, 5.74) is 20.1. The van der Waals surface area contributed by atoms with Crippen LogP contribution in [0.5, 0.6) is 11.5 Å². The molecule has 0 fully saturated rings. The van der Waals surface area contributed by atoms with Gasteiger partial charge in [0.15, 0.2) is 0 Å². The molecule has 0 radical (unpaired) electrons. The van der Waals surface area contributed by atoms with E-state index in [2.05, 4.69) is 225 Å². The van der Waals surface area contributed by atoms with Gasteiger partial charge in [-0.2, -0.15) is 0 Å². The van der Waals surface area contributed by atoms with Crippen LogP contribution in [0.2, 0.25) is 0 Å². The van der Waals surface area contributed by atoms with Crippen molar-refractivity contribution in [3.05, 3.63) is 223 Å². The van der Waals surface area contributed by atoms with E-state index in [4.69, 9.17) is 4.74 Å². The van der Waals surface area contributed by atoms with Crippen LogP contribution in [0.1, 0.15) is 25.0 Å². The van der Waals surface area contributed by atoms with E-state index in [9.17, 15) is 0 Å². The van der Waals surface area contributed by atoms with Crippen molar-refractivity contribution in [2.45, 2.75) is 19.3 Å². The van der Waals surface area contributed by atoms with Crippen LogP contribution in [0.15, 0.2) is 212 Å². The third kappa shape index (κ3) is 5.96. The lowest BCUT2D eigenvalue weighted by molar-refractivity contribution is 0.488. The Morgan fingerprint density at radius 1 is 0.305 bits per heavy atom. The molecule has 11 rings (SSSR count). The highest BCUT2D eigenvalue weighted by atomic mass is 16.5. The fourth-order valence-corrected chi connectivity index (χ4v) is 9.25. The Labute approximate surface area is 346 Å². The molecule has 0 amide bonds. The Bertz CT molecular complexity index is 3040. The van der Waals surface area contributed by atoms with Gasteiger partial charge in [-0.05, 0) is 127 Å². The highest BCUT2D eigenvalue weighted by molar-refractivity contribution is 5.94. The van der Waals surface area contributed by atoms with Gasteiger partial charge in [-0.3, -0.25) is 0 Å². The third-order valence-electron chi connectivity index (χ3n) is 12.3. The molecule has 9 aromatic carbocycles. The zero-order chi connectivity index (χ0) is 39.5. The smallest absolute Gasteiger partial charge is 0.135 e. The summed E-state index contributed by atoms with van der Waals surface area (Å²) >= 11 is 0. The first-order valence-corrected chi connectivity index (χ1v) is 20.4. The van der Waals surface area contributed by atoms with E-state index in [1.165, 1.54) is 50.1 Å². The normalized spacial score (nSPS) is 12.8. The summed E-state index contributed by atoms with van der Waals surface area (Å²) in [6, 6.07) is 76.8. The molecule has 2 nitrogen and oxygen atoms in total. The third-order valence-corrected chi connectivity index (χ3v) is 12.3. The van der Waals surface area contributed by atoms with Crippen LogP contribution >= 0.6 is 0 Å². The molecule has 2 aliphatic rings. The molecule has 1 aliphatic heterocycles. The van der Waals surface area contributed by atoms with Gasteiger partial charge in [0.25, 0.3) is 0 Å². The maximum absolute atomic E-state index is 6.67. The van der Waals surface area contributed by atoms with Crippen LogP contribution in [0, 0.1) is 0 Å². The number of ether oxygens (including phenoxy) is 1. The van der Waals surface area contributed by atoms with E-state index in [1.54, 1.807) is 0 Å². The first-order chi connectivity index (χ1) is 29.0. The zero-order valence-electron chi connectivity index (χ0n) is 33.1. The van der Waals surface area contributed by atoms with Crippen molar-refractivity contribution in [1.29, 1.82) is 0 Å². The van der Waals surface area contributed by atoms with Crippen LogP contribution in [-0.2, 0) is 5.41 Å². The molecular formula is C57H41NO. The van der Waals surface area contributed by atoms with Gasteiger partial charge < -0.3 is 9.64 Å². The standard InChI is InChI=1S/C57H41NO/c1-57(2)53-22-11-9-20-48(53)49-32-30-46(37-54(49)57)58(45-19-13-18-41(34-45)38-14-5-3-6-15-38)44-28-24-40(25-29-44)43-27-33-56-52(36-43)51-35-42(39-16-7-4-8-17-39)26-31-47(51)50-21-10-12-23-55(50)59-56/h3-37H,1-2H3. The lowest BCUT2D eigenvalue weighted by Gasteiger charge is -2.28. The molecule has 1 heterocycles. The number of para-hydroxylation sites is 1. The number of rotatable bonds is 6. The van der Waals surface area contributed by atoms with Gasteiger partial charge in [0.05, 0.1) is 0 Å². The van der Waals surface area contributed by atoms with Gasteiger partial charge in [0.1, 0.15) is 11.5 Å².